The molecular formula is C12H15FN2O6. The van der Waals surface area contributed by atoms with Gasteiger partial charge in [-0.1, -0.05) is 0 Å². The van der Waals surface area contributed by atoms with Crippen LogP contribution in [0.25, 0.3) is 0 Å². The average molecular weight is 302 g/mol. The molecule has 0 saturated carbocycles. The number of hydrogen-bond donors (Lipinski definition) is 2. The van der Waals surface area contributed by atoms with Crippen molar-refractivity contribution in [2.45, 2.75) is 19.6 Å². The number of carbonyl (C=O) groups is 1. The van der Waals surface area contributed by atoms with Crippen molar-refractivity contribution in [3.05, 3.63) is 33.6 Å². The first-order valence-electron chi connectivity index (χ1n) is 5.93. The zero-order valence-corrected chi connectivity index (χ0v) is 11.5. The minimum atomic E-state index is -1.18. The molecule has 1 rings (SSSR count). The molecule has 0 saturated heterocycles. The van der Waals surface area contributed by atoms with Gasteiger partial charge in [-0.15, -0.1) is 0 Å². The van der Waals surface area contributed by atoms with Crippen LogP contribution < -0.4 is 10.1 Å². The number of benzene rings is 1. The highest BCUT2D eigenvalue weighted by Gasteiger charge is 2.21. The summed E-state index contributed by atoms with van der Waals surface area (Å²) in [6.45, 7) is 1.55. The zero-order chi connectivity index (χ0) is 16.0. The van der Waals surface area contributed by atoms with Crippen LogP contribution in [0.5, 0.6) is 5.75 Å². The third-order valence-corrected chi connectivity index (χ3v) is 2.49. The number of methoxy groups -OCH3 is 1. The number of nitro groups is 1. The minimum Gasteiger partial charge on any atom is -0.488 e. The molecule has 0 fully saturated rings. The third-order valence-electron chi connectivity index (χ3n) is 2.49. The van der Waals surface area contributed by atoms with E-state index in [0.29, 0.717) is 0 Å². The number of halogens is 1. The third kappa shape index (κ3) is 4.88. The SMILES string of the molecule is COc1c(F)cc(COC[C@@H](C)NC(=O)O)cc1[N+](=O)[O-]. The van der Waals surface area contributed by atoms with Crippen LogP contribution in [0.4, 0.5) is 14.9 Å². The second-order valence-electron chi connectivity index (χ2n) is 4.25. The van der Waals surface area contributed by atoms with Crippen molar-refractivity contribution >= 4 is 11.8 Å². The topological polar surface area (TPSA) is 111 Å². The molecule has 2 N–H and O–H groups in total. The van der Waals surface area contributed by atoms with Crippen molar-refractivity contribution in [2.75, 3.05) is 13.7 Å². The van der Waals surface area contributed by atoms with Crippen molar-refractivity contribution in [1.82, 2.24) is 5.32 Å². The maximum absolute atomic E-state index is 13.7. The molecule has 116 valence electrons. The Balaban J connectivity index is 2.72. The number of hydrogen-bond acceptors (Lipinski definition) is 5. The molecule has 1 aromatic carbocycles. The lowest BCUT2D eigenvalue weighted by Gasteiger charge is -2.12. The number of ether oxygens (including phenoxy) is 2. The Morgan fingerprint density at radius 2 is 2.24 bits per heavy atom. The van der Waals surface area contributed by atoms with Crippen molar-refractivity contribution in [1.29, 1.82) is 0 Å². The standard InChI is InChI=1S/C12H15FN2O6/c1-7(14-12(16)17)5-21-6-8-3-9(13)11(20-2)10(4-8)15(18)19/h3-4,7,14H,5-6H2,1-2H3,(H,16,17)/t7-/m1/s1. The zero-order valence-electron chi connectivity index (χ0n) is 11.5. The number of carboxylic acid groups (broad SMARTS) is 1. The van der Waals surface area contributed by atoms with Crippen molar-refractivity contribution < 1.29 is 28.7 Å². The molecule has 1 aromatic rings. The smallest absolute Gasteiger partial charge is 0.404 e. The summed E-state index contributed by atoms with van der Waals surface area (Å²) in [5, 5.41) is 21.5. The second kappa shape index (κ2) is 7.39. The number of nitrogens with zero attached hydrogens (tertiary/aromatic N) is 1. The molecule has 0 aliphatic heterocycles. The Kier molecular flexibility index (Phi) is 5.85. The summed E-state index contributed by atoms with van der Waals surface area (Å²) in [6.07, 6.45) is -1.18. The van der Waals surface area contributed by atoms with E-state index in [1.807, 2.05) is 0 Å². The summed E-state index contributed by atoms with van der Waals surface area (Å²) in [5.74, 6) is -1.30. The Bertz CT molecular complexity index is 537. The predicted octanol–water partition coefficient (Wildman–Crippen LogP) is 1.92. The van der Waals surface area contributed by atoms with Gasteiger partial charge in [-0.3, -0.25) is 10.1 Å². The van der Waals surface area contributed by atoms with Gasteiger partial charge in [0.25, 0.3) is 0 Å². The first-order chi connectivity index (χ1) is 9.85. The van der Waals surface area contributed by atoms with Gasteiger partial charge in [0.15, 0.2) is 5.82 Å². The second-order valence-corrected chi connectivity index (χ2v) is 4.25. The van der Waals surface area contributed by atoms with Gasteiger partial charge in [0.05, 0.1) is 31.3 Å². The minimum absolute atomic E-state index is 0.0494. The number of nitro benzene ring substituents is 1. The summed E-state index contributed by atoms with van der Waals surface area (Å²) < 4.78 is 23.5. The highest BCUT2D eigenvalue weighted by molar-refractivity contribution is 5.64. The largest absolute Gasteiger partial charge is 0.488 e. The molecule has 0 bridgehead atoms. The maximum Gasteiger partial charge on any atom is 0.404 e. The maximum atomic E-state index is 13.7. The fourth-order valence-electron chi connectivity index (χ4n) is 1.66. The van der Waals surface area contributed by atoms with E-state index in [4.69, 9.17) is 9.84 Å². The van der Waals surface area contributed by atoms with Crippen LogP contribution in [0.15, 0.2) is 12.1 Å². The van der Waals surface area contributed by atoms with Gasteiger partial charge < -0.3 is 19.9 Å². The molecule has 0 spiro atoms. The first kappa shape index (κ1) is 16.6. The van der Waals surface area contributed by atoms with E-state index in [2.05, 4.69) is 10.1 Å². The van der Waals surface area contributed by atoms with Gasteiger partial charge in [-0.2, -0.15) is 0 Å². The van der Waals surface area contributed by atoms with Crippen molar-refractivity contribution in [3.63, 3.8) is 0 Å². The lowest BCUT2D eigenvalue weighted by Crippen LogP contribution is -2.34. The van der Waals surface area contributed by atoms with Crippen molar-refractivity contribution in [3.8, 4) is 5.75 Å². The molecule has 0 aliphatic carbocycles. The van der Waals surface area contributed by atoms with E-state index in [1.165, 1.54) is 0 Å². The van der Waals surface area contributed by atoms with E-state index in [-0.39, 0.29) is 18.8 Å². The Morgan fingerprint density at radius 1 is 1.57 bits per heavy atom. The van der Waals surface area contributed by atoms with E-state index >= 15 is 0 Å². The molecule has 21 heavy (non-hydrogen) atoms. The summed E-state index contributed by atoms with van der Waals surface area (Å²) in [6, 6.07) is 1.76. The first-order valence-corrected chi connectivity index (χ1v) is 5.93. The molecule has 0 heterocycles. The summed E-state index contributed by atoms with van der Waals surface area (Å²) in [7, 11) is 1.14. The summed E-state index contributed by atoms with van der Waals surface area (Å²) in [5.41, 5.74) is -0.240. The van der Waals surface area contributed by atoms with E-state index in [1.54, 1.807) is 6.92 Å². The molecule has 0 radical (unpaired) electrons. The van der Waals surface area contributed by atoms with Crippen LogP contribution in [-0.2, 0) is 11.3 Å². The highest BCUT2D eigenvalue weighted by atomic mass is 19.1. The quantitative estimate of drug-likeness (QED) is 0.588. The Labute approximate surface area is 119 Å². The molecule has 0 aliphatic rings. The van der Waals surface area contributed by atoms with E-state index in [9.17, 15) is 19.3 Å². The molecule has 1 atom stereocenters. The van der Waals surface area contributed by atoms with Gasteiger partial charge in [-0.25, -0.2) is 9.18 Å². The molecule has 0 unspecified atom stereocenters. The molecular weight excluding hydrogens is 287 g/mol. The van der Waals surface area contributed by atoms with Gasteiger partial charge in [-0.05, 0) is 18.6 Å². The van der Waals surface area contributed by atoms with Crippen LogP contribution >= 0.6 is 0 Å². The van der Waals surface area contributed by atoms with Crippen LogP contribution in [0, 0.1) is 15.9 Å². The fourth-order valence-corrected chi connectivity index (χ4v) is 1.66. The van der Waals surface area contributed by atoms with Gasteiger partial charge >= 0.3 is 11.8 Å². The van der Waals surface area contributed by atoms with Crippen molar-refractivity contribution in [2.24, 2.45) is 0 Å². The summed E-state index contributed by atoms with van der Waals surface area (Å²) in [4.78, 5) is 20.5. The molecule has 1 amide bonds. The lowest BCUT2D eigenvalue weighted by molar-refractivity contribution is -0.386. The fraction of sp³-hybridized carbons (Fsp3) is 0.417. The normalized spacial score (nSPS) is 11.8. The van der Waals surface area contributed by atoms with Gasteiger partial charge in [0.2, 0.25) is 5.75 Å². The monoisotopic (exact) mass is 302 g/mol. The van der Waals surface area contributed by atoms with E-state index in [0.717, 1.165) is 19.2 Å². The predicted molar refractivity (Wildman–Crippen MR) is 69.9 cm³/mol. The van der Waals surface area contributed by atoms with Gasteiger partial charge in [0.1, 0.15) is 0 Å². The average Bonchev–Trinajstić information content (AvgIpc) is 2.37. The number of rotatable bonds is 7. The number of amides is 1. The molecule has 9 heteroatoms. The molecule has 0 aromatic heterocycles. The van der Waals surface area contributed by atoms with Crippen LogP contribution in [-0.4, -0.2) is 35.9 Å². The van der Waals surface area contributed by atoms with Crippen LogP contribution in [0.1, 0.15) is 12.5 Å². The van der Waals surface area contributed by atoms with Crippen LogP contribution in [0.3, 0.4) is 0 Å². The molecule has 8 nitrogen and oxygen atoms in total. The number of nitrogens with one attached hydrogen (secondary N) is 1. The van der Waals surface area contributed by atoms with Gasteiger partial charge in [0, 0.05) is 6.07 Å². The van der Waals surface area contributed by atoms with Crippen LogP contribution in [0.2, 0.25) is 0 Å². The Hall–Kier alpha value is -2.42. The Morgan fingerprint density at radius 3 is 2.76 bits per heavy atom. The highest BCUT2D eigenvalue weighted by Crippen LogP contribution is 2.31. The van der Waals surface area contributed by atoms with E-state index < -0.39 is 34.3 Å². The lowest BCUT2D eigenvalue weighted by atomic mass is 10.2. The summed E-state index contributed by atoms with van der Waals surface area (Å²) >= 11 is 0.